The van der Waals surface area contributed by atoms with E-state index in [4.69, 9.17) is 15.2 Å². The fraction of sp³-hybridized carbons (Fsp3) is 0.176. The highest BCUT2D eigenvalue weighted by atomic mass is 19.1. The molecule has 0 radical (unpaired) electrons. The fourth-order valence-electron chi connectivity index (χ4n) is 2.43. The van der Waals surface area contributed by atoms with Gasteiger partial charge in [-0.25, -0.2) is 8.78 Å². The molecule has 0 saturated carbocycles. The second-order valence-corrected chi connectivity index (χ2v) is 5.34. The molecule has 8 heteroatoms. The largest absolute Gasteiger partial charge is 0.481 e. The van der Waals surface area contributed by atoms with Gasteiger partial charge in [0, 0.05) is 6.07 Å². The number of nitrogens with zero attached hydrogens (tertiary/aromatic N) is 1. The van der Waals surface area contributed by atoms with Crippen LogP contribution < -0.4 is 20.1 Å². The molecule has 6 nitrogen and oxygen atoms in total. The van der Waals surface area contributed by atoms with E-state index in [-0.39, 0.29) is 12.3 Å². The number of carbonyl (C=O) groups is 2. The van der Waals surface area contributed by atoms with E-state index in [1.165, 1.54) is 4.90 Å². The molecule has 1 atom stereocenters. The maximum atomic E-state index is 13.6. The van der Waals surface area contributed by atoms with Gasteiger partial charge in [-0.2, -0.15) is 0 Å². The van der Waals surface area contributed by atoms with Crippen LogP contribution in [0, 0.1) is 11.6 Å². The Balaban J connectivity index is 1.77. The number of anilines is 1. The van der Waals surface area contributed by atoms with Gasteiger partial charge in [0.2, 0.25) is 0 Å². The lowest BCUT2D eigenvalue weighted by atomic mass is 10.2. The maximum absolute atomic E-state index is 13.6. The smallest absolute Gasteiger partial charge is 0.265 e. The van der Waals surface area contributed by atoms with E-state index in [1.54, 1.807) is 24.3 Å². The molecule has 0 unspecified atom stereocenters. The molecule has 0 bridgehead atoms. The molecule has 0 saturated heterocycles. The molecule has 0 aliphatic carbocycles. The molecule has 2 aromatic carbocycles. The van der Waals surface area contributed by atoms with Crippen molar-refractivity contribution in [2.24, 2.45) is 5.73 Å². The van der Waals surface area contributed by atoms with Crippen LogP contribution in [0.5, 0.6) is 11.5 Å². The van der Waals surface area contributed by atoms with E-state index in [1.807, 2.05) is 0 Å². The predicted molar refractivity (Wildman–Crippen MR) is 84.3 cm³/mol. The first-order chi connectivity index (χ1) is 12.0. The number of fused-ring (bicyclic) bond motifs is 1. The van der Waals surface area contributed by atoms with Crippen LogP contribution in [0.15, 0.2) is 42.5 Å². The Morgan fingerprint density at radius 3 is 2.72 bits per heavy atom. The minimum absolute atomic E-state index is 0.0829. The Morgan fingerprint density at radius 1 is 1.24 bits per heavy atom. The standard InChI is InChI=1S/C17H14F2N2O4/c18-10-5-6-13(11(19)7-10)24-9-16(22)21-8-15(17(20)23)25-14-4-2-1-3-12(14)21/h1-7,15H,8-9H2,(H2,20,23)/t15-/m1/s1. The first-order valence-corrected chi connectivity index (χ1v) is 7.39. The Hall–Kier alpha value is -3.16. The summed E-state index contributed by atoms with van der Waals surface area (Å²) in [6.07, 6.45) is -0.999. The van der Waals surface area contributed by atoms with Gasteiger partial charge in [0.15, 0.2) is 24.3 Å². The third-order valence-electron chi connectivity index (χ3n) is 3.64. The normalized spacial score (nSPS) is 15.9. The lowest BCUT2D eigenvalue weighted by molar-refractivity contribution is -0.125. The zero-order valence-corrected chi connectivity index (χ0v) is 12.9. The van der Waals surface area contributed by atoms with Crippen molar-refractivity contribution in [3.63, 3.8) is 0 Å². The number of nitrogens with two attached hydrogens (primary N) is 1. The number of amides is 2. The number of primary amides is 1. The summed E-state index contributed by atoms with van der Waals surface area (Å²) in [5.74, 6) is -2.81. The van der Waals surface area contributed by atoms with Crippen LogP contribution in [0.25, 0.3) is 0 Å². The Labute approximate surface area is 141 Å². The van der Waals surface area contributed by atoms with E-state index in [0.29, 0.717) is 17.5 Å². The summed E-state index contributed by atoms with van der Waals surface area (Å²) in [4.78, 5) is 25.2. The summed E-state index contributed by atoms with van der Waals surface area (Å²) < 4.78 is 37.1. The molecular weight excluding hydrogens is 334 g/mol. The van der Waals surface area contributed by atoms with Crippen molar-refractivity contribution in [1.82, 2.24) is 0 Å². The van der Waals surface area contributed by atoms with Crippen molar-refractivity contribution in [2.75, 3.05) is 18.1 Å². The summed E-state index contributed by atoms with van der Waals surface area (Å²) in [5, 5.41) is 0. The van der Waals surface area contributed by atoms with Gasteiger partial charge < -0.3 is 20.1 Å². The lowest BCUT2D eigenvalue weighted by Crippen LogP contribution is -2.50. The first-order valence-electron chi connectivity index (χ1n) is 7.39. The number of rotatable bonds is 4. The topological polar surface area (TPSA) is 81.9 Å². The van der Waals surface area contributed by atoms with Crippen molar-refractivity contribution in [2.45, 2.75) is 6.10 Å². The predicted octanol–water partition coefficient (Wildman–Crippen LogP) is 1.62. The molecule has 2 amide bonds. The van der Waals surface area contributed by atoms with Crippen LogP contribution in [-0.2, 0) is 9.59 Å². The van der Waals surface area contributed by atoms with Gasteiger partial charge in [-0.15, -0.1) is 0 Å². The minimum Gasteiger partial charge on any atom is -0.481 e. The van der Waals surface area contributed by atoms with E-state index in [0.717, 1.165) is 12.1 Å². The summed E-state index contributed by atoms with van der Waals surface area (Å²) in [6.45, 7) is -0.581. The average Bonchev–Trinajstić information content (AvgIpc) is 2.59. The van der Waals surface area contributed by atoms with Crippen LogP contribution in [-0.4, -0.2) is 31.1 Å². The van der Waals surface area contributed by atoms with Crippen molar-refractivity contribution < 1.29 is 27.8 Å². The van der Waals surface area contributed by atoms with Gasteiger partial charge >= 0.3 is 0 Å². The van der Waals surface area contributed by atoms with Crippen LogP contribution in [0.1, 0.15) is 0 Å². The van der Waals surface area contributed by atoms with Gasteiger partial charge in [0.1, 0.15) is 11.6 Å². The van der Waals surface area contributed by atoms with Gasteiger partial charge in [-0.1, -0.05) is 12.1 Å². The molecule has 1 aliphatic rings. The van der Waals surface area contributed by atoms with Crippen molar-refractivity contribution in [3.8, 4) is 11.5 Å². The maximum Gasteiger partial charge on any atom is 0.265 e. The second kappa shape index (κ2) is 6.76. The van der Waals surface area contributed by atoms with Crippen LogP contribution >= 0.6 is 0 Å². The monoisotopic (exact) mass is 348 g/mol. The number of para-hydroxylation sites is 2. The highest BCUT2D eigenvalue weighted by Crippen LogP contribution is 2.33. The summed E-state index contributed by atoms with van der Waals surface area (Å²) in [6, 6.07) is 9.41. The summed E-state index contributed by atoms with van der Waals surface area (Å²) >= 11 is 0. The van der Waals surface area contributed by atoms with Crippen LogP contribution in [0.2, 0.25) is 0 Å². The molecule has 0 aromatic heterocycles. The van der Waals surface area contributed by atoms with Gasteiger partial charge in [0.25, 0.3) is 11.8 Å². The number of hydrogen-bond donors (Lipinski definition) is 1. The van der Waals surface area contributed by atoms with Gasteiger partial charge in [-0.3, -0.25) is 9.59 Å². The zero-order valence-electron chi connectivity index (χ0n) is 12.9. The highest BCUT2D eigenvalue weighted by Gasteiger charge is 2.32. The molecule has 1 heterocycles. The van der Waals surface area contributed by atoms with E-state index < -0.39 is 36.2 Å². The number of hydrogen-bond acceptors (Lipinski definition) is 4. The Morgan fingerprint density at radius 2 is 2.00 bits per heavy atom. The molecule has 25 heavy (non-hydrogen) atoms. The van der Waals surface area contributed by atoms with Crippen molar-refractivity contribution in [1.29, 1.82) is 0 Å². The third-order valence-corrected chi connectivity index (χ3v) is 3.64. The SMILES string of the molecule is NC(=O)[C@H]1CN(C(=O)COc2ccc(F)cc2F)c2ccccc2O1. The molecule has 0 spiro atoms. The highest BCUT2D eigenvalue weighted by molar-refractivity contribution is 5.98. The van der Waals surface area contributed by atoms with Gasteiger partial charge in [0.05, 0.1) is 12.2 Å². The number of halogens is 2. The molecule has 1 aliphatic heterocycles. The first kappa shape index (κ1) is 16.7. The van der Waals surface area contributed by atoms with Crippen LogP contribution in [0.4, 0.5) is 14.5 Å². The number of benzene rings is 2. The van der Waals surface area contributed by atoms with Crippen LogP contribution in [0.3, 0.4) is 0 Å². The Bertz CT molecular complexity index is 828. The average molecular weight is 348 g/mol. The Kier molecular flexibility index (Phi) is 4.51. The third kappa shape index (κ3) is 3.52. The molecular formula is C17H14F2N2O4. The van der Waals surface area contributed by atoms with E-state index in [9.17, 15) is 18.4 Å². The minimum atomic E-state index is -0.999. The van der Waals surface area contributed by atoms with E-state index >= 15 is 0 Å². The molecule has 130 valence electrons. The molecule has 2 N–H and O–H groups in total. The number of carbonyl (C=O) groups excluding carboxylic acids is 2. The second-order valence-electron chi connectivity index (χ2n) is 5.34. The molecule has 0 fully saturated rings. The van der Waals surface area contributed by atoms with E-state index in [2.05, 4.69) is 0 Å². The number of ether oxygens (including phenoxy) is 2. The van der Waals surface area contributed by atoms with Crippen molar-refractivity contribution >= 4 is 17.5 Å². The quantitative estimate of drug-likeness (QED) is 0.910. The summed E-state index contributed by atoms with van der Waals surface area (Å²) in [7, 11) is 0. The zero-order chi connectivity index (χ0) is 18.0. The van der Waals surface area contributed by atoms with Gasteiger partial charge in [-0.05, 0) is 24.3 Å². The fourth-order valence-corrected chi connectivity index (χ4v) is 2.43. The summed E-state index contributed by atoms with van der Waals surface area (Å²) in [5.41, 5.74) is 5.72. The molecule has 3 rings (SSSR count). The molecule has 2 aromatic rings. The lowest BCUT2D eigenvalue weighted by Gasteiger charge is -2.33. The van der Waals surface area contributed by atoms with Crippen molar-refractivity contribution in [3.05, 3.63) is 54.1 Å².